The number of epoxide rings is 1. The second-order valence-electron chi connectivity index (χ2n) is 4.01. The van der Waals surface area contributed by atoms with Crippen LogP contribution < -0.4 is 0 Å². The topological polar surface area (TPSA) is 58.7 Å². The third-order valence-electron chi connectivity index (χ3n) is 2.87. The van der Waals surface area contributed by atoms with E-state index in [4.69, 9.17) is 27.5 Å². The predicted molar refractivity (Wildman–Crippen MR) is 67.4 cm³/mol. The molecule has 7 heteroatoms. The highest BCUT2D eigenvalue weighted by Gasteiger charge is 2.47. The van der Waals surface area contributed by atoms with Gasteiger partial charge in [0.15, 0.2) is 0 Å². The molecule has 2 atom stereocenters. The van der Waals surface area contributed by atoms with E-state index in [1.807, 2.05) is 6.92 Å². The average Bonchev–Trinajstić information content (AvgIpc) is 3.22. The minimum Gasteiger partial charge on any atom is -0.376 e. The van der Waals surface area contributed by atoms with Crippen LogP contribution in [0.1, 0.15) is 13.3 Å². The Kier molecular flexibility index (Phi) is 7.31. The molecule has 0 aromatic carbocycles. The minimum atomic E-state index is -2.72. The van der Waals surface area contributed by atoms with Gasteiger partial charge in [-0.15, -0.1) is 0 Å². The molecule has 1 saturated heterocycles. The normalized spacial score (nSPS) is 21.0. The summed E-state index contributed by atoms with van der Waals surface area (Å²) in [6, 6.07) is 0. The molecular formula is C11H24O6Si. The molecule has 0 amide bonds. The Morgan fingerprint density at radius 2 is 1.78 bits per heavy atom. The van der Waals surface area contributed by atoms with Crippen molar-refractivity contribution < 1.29 is 27.5 Å². The lowest BCUT2D eigenvalue weighted by molar-refractivity contribution is -0.0153. The third-order valence-corrected chi connectivity index (χ3v) is 5.94. The maximum Gasteiger partial charge on any atom is 0.530 e. The van der Waals surface area contributed by atoms with Crippen LogP contribution in [0.5, 0.6) is 0 Å². The van der Waals surface area contributed by atoms with Crippen LogP contribution in [0.15, 0.2) is 0 Å². The fourth-order valence-corrected chi connectivity index (χ4v) is 3.85. The Bertz CT molecular complexity index is 211. The Hall–Kier alpha value is -0.0231. The van der Waals surface area contributed by atoms with Gasteiger partial charge in [0, 0.05) is 21.3 Å². The first-order valence-corrected chi connectivity index (χ1v) is 7.99. The Morgan fingerprint density at radius 1 is 1.17 bits per heavy atom. The Morgan fingerprint density at radius 3 is 2.22 bits per heavy atom. The van der Waals surface area contributed by atoms with Gasteiger partial charge in [0.05, 0.1) is 26.4 Å². The zero-order valence-corrected chi connectivity index (χ0v) is 12.6. The number of rotatable bonds is 11. The molecule has 1 heterocycles. The first-order chi connectivity index (χ1) is 8.72. The van der Waals surface area contributed by atoms with E-state index in [1.165, 1.54) is 0 Å². The van der Waals surface area contributed by atoms with Crippen LogP contribution in [0.25, 0.3) is 0 Å². The zero-order chi connectivity index (χ0) is 13.4. The van der Waals surface area contributed by atoms with Crippen LogP contribution in [-0.4, -0.2) is 68.4 Å². The molecule has 1 rings (SSSR count). The molecule has 1 aliphatic heterocycles. The lowest BCUT2D eigenvalue weighted by atomic mass is 10.5. The molecule has 0 saturated carbocycles. The highest BCUT2D eigenvalue weighted by atomic mass is 28.4. The summed E-state index contributed by atoms with van der Waals surface area (Å²) in [6.45, 7) is 4.50. The smallest absolute Gasteiger partial charge is 0.376 e. The largest absolute Gasteiger partial charge is 0.530 e. The van der Waals surface area contributed by atoms with Gasteiger partial charge in [-0.3, -0.25) is 0 Å². The van der Waals surface area contributed by atoms with E-state index in [9.17, 15) is 0 Å². The van der Waals surface area contributed by atoms with Gasteiger partial charge in [-0.25, -0.2) is 0 Å². The molecule has 0 bridgehead atoms. The summed E-state index contributed by atoms with van der Waals surface area (Å²) >= 11 is 0. The molecule has 0 aliphatic carbocycles. The van der Waals surface area contributed by atoms with Crippen molar-refractivity contribution in [3.63, 3.8) is 0 Å². The van der Waals surface area contributed by atoms with Crippen molar-refractivity contribution >= 4 is 8.80 Å². The molecule has 0 radical (unpaired) electrons. The highest BCUT2D eigenvalue weighted by molar-refractivity contribution is 6.62. The number of ether oxygens (including phenoxy) is 3. The fourth-order valence-electron chi connectivity index (χ4n) is 1.74. The fraction of sp³-hybridized carbons (Fsp3) is 1.00. The third kappa shape index (κ3) is 4.58. The molecule has 18 heavy (non-hydrogen) atoms. The molecule has 0 aromatic rings. The van der Waals surface area contributed by atoms with Crippen molar-refractivity contribution in [1.82, 2.24) is 0 Å². The summed E-state index contributed by atoms with van der Waals surface area (Å²) in [6.07, 6.45) is 1.06. The molecular weight excluding hydrogens is 256 g/mol. The first-order valence-electron chi connectivity index (χ1n) is 6.18. The van der Waals surface area contributed by atoms with E-state index in [1.54, 1.807) is 21.3 Å². The molecule has 6 nitrogen and oxygen atoms in total. The van der Waals surface area contributed by atoms with Crippen LogP contribution in [0.2, 0.25) is 0 Å². The van der Waals surface area contributed by atoms with Gasteiger partial charge in [-0.1, -0.05) is 6.92 Å². The van der Waals surface area contributed by atoms with Gasteiger partial charge in [0.1, 0.15) is 11.8 Å². The Labute approximate surface area is 110 Å². The molecule has 0 spiro atoms. The summed E-state index contributed by atoms with van der Waals surface area (Å²) in [7, 11) is 2.05. The van der Waals surface area contributed by atoms with Crippen LogP contribution in [-0.2, 0) is 27.5 Å². The molecule has 2 unspecified atom stereocenters. The van der Waals surface area contributed by atoms with E-state index in [2.05, 4.69) is 0 Å². The summed E-state index contributed by atoms with van der Waals surface area (Å²) < 4.78 is 32.4. The SMILES string of the molecule is CCC(OCCOCC1CO1)[Si](OC)(OC)OC. The lowest BCUT2D eigenvalue weighted by Gasteiger charge is -2.31. The predicted octanol–water partition coefficient (Wildman–Crippen LogP) is 0.614. The second kappa shape index (κ2) is 8.21. The van der Waals surface area contributed by atoms with Crippen molar-refractivity contribution in [1.29, 1.82) is 0 Å². The average molecular weight is 280 g/mol. The van der Waals surface area contributed by atoms with Crippen molar-refractivity contribution in [2.45, 2.75) is 25.2 Å². The lowest BCUT2D eigenvalue weighted by Crippen LogP contribution is -2.55. The van der Waals surface area contributed by atoms with Gasteiger partial charge in [0.2, 0.25) is 0 Å². The van der Waals surface area contributed by atoms with Crippen molar-refractivity contribution in [3.05, 3.63) is 0 Å². The molecule has 0 N–H and O–H groups in total. The van der Waals surface area contributed by atoms with E-state index < -0.39 is 8.80 Å². The van der Waals surface area contributed by atoms with Gasteiger partial charge in [0.25, 0.3) is 0 Å². The number of hydrogen-bond donors (Lipinski definition) is 0. The van der Waals surface area contributed by atoms with Gasteiger partial charge in [-0.05, 0) is 6.42 Å². The van der Waals surface area contributed by atoms with Crippen molar-refractivity contribution in [2.24, 2.45) is 0 Å². The zero-order valence-electron chi connectivity index (χ0n) is 11.6. The Balaban J connectivity index is 2.25. The highest BCUT2D eigenvalue weighted by Crippen LogP contribution is 2.18. The van der Waals surface area contributed by atoms with E-state index in [0.29, 0.717) is 19.8 Å². The summed E-state index contributed by atoms with van der Waals surface area (Å²) in [5, 5.41) is 0. The second-order valence-corrected chi connectivity index (χ2v) is 7.09. The minimum absolute atomic E-state index is 0.168. The summed E-state index contributed by atoms with van der Waals surface area (Å²) in [5.74, 6) is 0. The maximum absolute atomic E-state index is 5.75. The molecule has 0 aromatic heterocycles. The standard InChI is InChI=1S/C11H24O6Si/c1-5-11(18(12-2,13-3)14-4)16-7-6-15-8-10-9-17-10/h10-11H,5-9H2,1-4H3. The van der Waals surface area contributed by atoms with Crippen molar-refractivity contribution in [3.8, 4) is 0 Å². The maximum atomic E-state index is 5.75. The first kappa shape index (κ1) is 16.0. The molecule has 1 aliphatic rings. The van der Waals surface area contributed by atoms with Gasteiger partial charge < -0.3 is 27.5 Å². The molecule has 108 valence electrons. The van der Waals surface area contributed by atoms with Crippen LogP contribution in [0.4, 0.5) is 0 Å². The van der Waals surface area contributed by atoms with E-state index in [0.717, 1.165) is 13.0 Å². The van der Waals surface area contributed by atoms with Crippen LogP contribution in [0.3, 0.4) is 0 Å². The number of hydrogen-bond acceptors (Lipinski definition) is 6. The van der Waals surface area contributed by atoms with Crippen LogP contribution >= 0.6 is 0 Å². The quantitative estimate of drug-likeness (QED) is 0.314. The van der Waals surface area contributed by atoms with Gasteiger partial charge in [-0.2, -0.15) is 0 Å². The molecule has 1 fully saturated rings. The van der Waals surface area contributed by atoms with Crippen LogP contribution in [0, 0.1) is 0 Å². The summed E-state index contributed by atoms with van der Waals surface area (Å²) in [5.41, 5.74) is -0.168. The van der Waals surface area contributed by atoms with Gasteiger partial charge >= 0.3 is 8.80 Å². The monoisotopic (exact) mass is 280 g/mol. The van der Waals surface area contributed by atoms with E-state index >= 15 is 0 Å². The van der Waals surface area contributed by atoms with E-state index in [-0.39, 0.29) is 11.8 Å². The summed E-state index contributed by atoms with van der Waals surface area (Å²) in [4.78, 5) is 0. The van der Waals surface area contributed by atoms with Crippen molar-refractivity contribution in [2.75, 3.05) is 47.8 Å².